The summed E-state index contributed by atoms with van der Waals surface area (Å²) in [4.78, 5) is 22.8. The van der Waals surface area contributed by atoms with Gasteiger partial charge in [-0.15, -0.1) is 0 Å². The van der Waals surface area contributed by atoms with Gasteiger partial charge in [0, 0.05) is 11.9 Å². The van der Waals surface area contributed by atoms with Gasteiger partial charge < -0.3 is 14.8 Å². The molecule has 1 N–H and O–H groups in total. The van der Waals surface area contributed by atoms with E-state index in [2.05, 4.69) is 15.2 Å². The monoisotopic (exact) mass is 305 g/mol. The predicted octanol–water partition coefficient (Wildman–Crippen LogP) is 0.903. The van der Waals surface area contributed by atoms with Crippen molar-refractivity contribution in [1.82, 2.24) is 15.1 Å². The lowest BCUT2D eigenvalue weighted by Gasteiger charge is -2.18. The van der Waals surface area contributed by atoms with E-state index in [1.165, 1.54) is 14.2 Å². The Kier molecular flexibility index (Phi) is 5.48. The summed E-state index contributed by atoms with van der Waals surface area (Å²) in [6.07, 6.45) is 1.91. The van der Waals surface area contributed by atoms with Gasteiger partial charge >= 0.3 is 11.9 Å². The summed E-state index contributed by atoms with van der Waals surface area (Å²) < 4.78 is 11.1. The van der Waals surface area contributed by atoms with Crippen LogP contribution in [0.1, 0.15) is 12.5 Å². The molecule has 2 rings (SSSR count). The SMILES string of the molecule is COC(=O)CNCC(CC(=O)OC)n1ncc2ccccc21. The van der Waals surface area contributed by atoms with Crippen molar-refractivity contribution in [3.8, 4) is 0 Å². The van der Waals surface area contributed by atoms with Gasteiger partial charge in [0.1, 0.15) is 0 Å². The molecule has 7 heteroatoms. The third-order valence-corrected chi connectivity index (χ3v) is 3.36. The molecule has 0 saturated heterocycles. The highest BCUT2D eigenvalue weighted by atomic mass is 16.5. The lowest BCUT2D eigenvalue weighted by atomic mass is 10.2. The number of fused-ring (bicyclic) bond motifs is 1. The third kappa shape index (κ3) is 3.82. The maximum absolute atomic E-state index is 11.6. The number of carbonyl (C=O) groups excluding carboxylic acids is 2. The number of rotatable bonds is 7. The van der Waals surface area contributed by atoms with Crippen LogP contribution in [0, 0.1) is 0 Å². The zero-order valence-corrected chi connectivity index (χ0v) is 12.6. The van der Waals surface area contributed by atoms with Crippen LogP contribution in [0.3, 0.4) is 0 Å². The van der Waals surface area contributed by atoms with E-state index < -0.39 is 0 Å². The van der Waals surface area contributed by atoms with Crippen LogP contribution < -0.4 is 5.32 Å². The van der Waals surface area contributed by atoms with E-state index in [0.29, 0.717) is 6.54 Å². The van der Waals surface area contributed by atoms with Crippen LogP contribution in [0.2, 0.25) is 0 Å². The van der Waals surface area contributed by atoms with E-state index in [4.69, 9.17) is 4.74 Å². The van der Waals surface area contributed by atoms with E-state index in [1.54, 1.807) is 10.9 Å². The van der Waals surface area contributed by atoms with Crippen LogP contribution in [0.5, 0.6) is 0 Å². The number of ether oxygens (including phenoxy) is 2. The standard InChI is InChI=1S/C15H19N3O4/c1-21-14(19)7-12(9-16-10-15(20)22-2)18-13-6-4-3-5-11(13)8-17-18/h3-6,8,12,16H,7,9-10H2,1-2H3. The Morgan fingerprint density at radius 2 is 1.95 bits per heavy atom. The zero-order chi connectivity index (χ0) is 15.9. The molecule has 1 aromatic heterocycles. The van der Waals surface area contributed by atoms with Gasteiger partial charge in [-0.05, 0) is 6.07 Å². The van der Waals surface area contributed by atoms with Gasteiger partial charge in [0.2, 0.25) is 0 Å². The second-order valence-corrected chi connectivity index (χ2v) is 4.79. The summed E-state index contributed by atoms with van der Waals surface area (Å²) >= 11 is 0. The van der Waals surface area contributed by atoms with Gasteiger partial charge in [-0.25, -0.2) is 0 Å². The number of esters is 2. The Bertz CT molecular complexity index is 653. The van der Waals surface area contributed by atoms with Crippen LogP contribution >= 0.6 is 0 Å². The van der Waals surface area contributed by atoms with Crippen LogP contribution in [-0.4, -0.2) is 49.0 Å². The van der Waals surface area contributed by atoms with Gasteiger partial charge in [0.25, 0.3) is 0 Å². The summed E-state index contributed by atoms with van der Waals surface area (Å²) in [5.41, 5.74) is 0.927. The molecule has 0 spiro atoms. The normalized spacial score (nSPS) is 12.1. The molecule has 0 bridgehead atoms. The van der Waals surface area contributed by atoms with Gasteiger partial charge in [0.05, 0.1) is 44.9 Å². The van der Waals surface area contributed by atoms with Gasteiger partial charge in [0.15, 0.2) is 0 Å². The molecule has 1 atom stereocenters. The van der Waals surface area contributed by atoms with Crippen molar-refractivity contribution >= 4 is 22.8 Å². The Balaban J connectivity index is 2.16. The first-order chi connectivity index (χ1) is 10.7. The molecule has 7 nitrogen and oxygen atoms in total. The van der Waals surface area contributed by atoms with E-state index in [9.17, 15) is 9.59 Å². The molecule has 0 aliphatic carbocycles. The minimum absolute atomic E-state index is 0.0768. The molecule has 1 aromatic carbocycles. The number of hydrogen-bond donors (Lipinski definition) is 1. The van der Waals surface area contributed by atoms with E-state index in [-0.39, 0.29) is 30.9 Å². The third-order valence-electron chi connectivity index (χ3n) is 3.36. The van der Waals surface area contributed by atoms with Crippen molar-refractivity contribution in [1.29, 1.82) is 0 Å². The van der Waals surface area contributed by atoms with Crippen molar-refractivity contribution in [2.24, 2.45) is 0 Å². The number of nitrogens with zero attached hydrogens (tertiary/aromatic N) is 2. The number of aromatic nitrogens is 2. The highest BCUT2D eigenvalue weighted by Gasteiger charge is 2.19. The van der Waals surface area contributed by atoms with Crippen LogP contribution in [-0.2, 0) is 19.1 Å². The molecule has 2 aromatic rings. The van der Waals surface area contributed by atoms with Crippen molar-refractivity contribution < 1.29 is 19.1 Å². The number of para-hydroxylation sites is 1. The molecule has 22 heavy (non-hydrogen) atoms. The topological polar surface area (TPSA) is 82.5 Å². The van der Waals surface area contributed by atoms with E-state index in [0.717, 1.165) is 10.9 Å². The molecule has 0 fully saturated rings. The molecule has 1 heterocycles. The van der Waals surface area contributed by atoms with E-state index in [1.807, 2.05) is 24.3 Å². The highest BCUT2D eigenvalue weighted by Crippen LogP contribution is 2.19. The first-order valence-electron chi connectivity index (χ1n) is 6.92. The smallest absolute Gasteiger partial charge is 0.319 e. The van der Waals surface area contributed by atoms with Crippen LogP contribution in [0.4, 0.5) is 0 Å². The van der Waals surface area contributed by atoms with Crippen molar-refractivity contribution in [2.45, 2.75) is 12.5 Å². The Morgan fingerprint density at radius 3 is 2.68 bits per heavy atom. The minimum atomic E-state index is -0.359. The Hall–Kier alpha value is -2.41. The maximum atomic E-state index is 11.6. The average molecular weight is 305 g/mol. The Morgan fingerprint density at radius 1 is 1.23 bits per heavy atom. The molecule has 0 aliphatic heterocycles. The first-order valence-corrected chi connectivity index (χ1v) is 6.92. The molecule has 1 unspecified atom stereocenters. The van der Waals surface area contributed by atoms with Crippen molar-refractivity contribution in [3.05, 3.63) is 30.5 Å². The zero-order valence-electron chi connectivity index (χ0n) is 12.6. The fourth-order valence-corrected chi connectivity index (χ4v) is 2.22. The Labute approximate surface area is 128 Å². The quantitative estimate of drug-likeness (QED) is 0.765. The highest BCUT2D eigenvalue weighted by molar-refractivity contribution is 5.79. The summed E-state index contributed by atoms with van der Waals surface area (Å²) in [7, 11) is 2.68. The molecule has 118 valence electrons. The van der Waals surface area contributed by atoms with E-state index >= 15 is 0 Å². The lowest BCUT2D eigenvalue weighted by molar-refractivity contribution is -0.141. The predicted molar refractivity (Wildman–Crippen MR) is 80.3 cm³/mol. The second-order valence-electron chi connectivity index (χ2n) is 4.79. The molecule has 0 saturated carbocycles. The number of nitrogens with one attached hydrogen (secondary N) is 1. The minimum Gasteiger partial charge on any atom is -0.469 e. The lowest BCUT2D eigenvalue weighted by Crippen LogP contribution is -2.32. The number of benzene rings is 1. The molecule has 0 aliphatic rings. The van der Waals surface area contributed by atoms with Gasteiger partial charge in [-0.1, -0.05) is 18.2 Å². The van der Waals surface area contributed by atoms with Gasteiger partial charge in [-0.3, -0.25) is 14.3 Å². The summed E-state index contributed by atoms with van der Waals surface area (Å²) in [6, 6.07) is 7.48. The fourth-order valence-electron chi connectivity index (χ4n) is 2.22. The largest absolute Gasteiger partial charge is 0.469 e. The van der Waals surface area contributed by atoms with Crippen molar-refractivity contribution in [3.63, 3.8) is 0 Å². The average Bonchev–Trinajstić information content (AvgIpc) is 2.97. The summed E-state index contributed by atoms with van der Waals surface area (Å²) in [6.45, 7) is 0.475. The summed E-state index contributed by atoms with van der Waals surface area (Å²) in [5, 5.41) is 8.32. The molecule has 0 radical (unpaired) electrons. The first kappa shape index (κ1) is 16.0. The van der Waals surface area contributed by atoms with Crippen LogP contribution in [0.25, 0.3) is 10.9 Å². The molecular formula is C15H19N3O4. The molecular weight excluding hydrogens is 286 g/mol. The fraction of sp³-hybridized carbons (Fsp3) is 0.400. The van der Waals surface area contributed by atoms with Crippen molar-refractivity contribution in [2.75, 3.05) is 27.3 Å². The number of carbonyl (C=O) groups is 2. The summed E-state index contributed by atoms with van der Waals surface area (Å²) in [5.74, 6) is -0.688. The maximum Gasteiger partial charge on any atom is 0.319 e. The second kappa shape index (κ2) is 7.56. The number of hydrogen-bond acceptors (Lipinski definition) is 6. The van der Waals surface area contributed by atoms with Crippen LogP contribution in [0.15, 0.2) is 30.5 Å². The van der Waals surface area contributed by atoms with Gasteiger partial charge in [-0.2, -0.15) is 5.10 Å². The number of methoxy groups -OCH3 is 2. The molecule has 0 amide bonds.